The molecule has 178 valence electrons. The lowest BCUT2D eigenvalue weighted by molar-refractivity contribution is -0.139. The van der Waals surface area contributed by atoms with Gasteiger partial charge in [0.2, 0.25) is 0 Å². The number of unbranched alkanes of at least 4 members (excludes halogenated alkanes) is 1. The number of rotatable bonds is 10. The number of ether oxygens (including phenoxy) is 3. The summed E-state index contributed by atoms with van der Waals surface area (Å²) in [5.74, 6) is -0.0846. The monoisotopic (exact) mass is 472 g/mol. The molecule has 6 heteroatoms. The maximum Gasteiger partial charge on any atom is 0.341 e. The van der Waals surface area contributed by atoms with Gasteiger partial charge in [-0.05, 0) is 31.4 Å². The molecule has 1 saturated heterocycles. The lowest BCUT2D eigenvalue weighted by Gasteiger charge is -2.43. The Kier molecular flexibility index (Phi) is 8.81. The number of benzene rings is 2. The van der Waals surface area contributed by atoms with Crippen molar-refractivity contribution >= 4 is 17.6 Å². The van der Waals surface area contributed by atoms with Crippen LogP contribution in [0.3, 0.4) is 0 Å². The fourth-order valence-electron chi connectivity index (χ4n) is 4.64. The van der Waals surface area contributed by atoms with Gasteiger partial charge in [-0.15, -0.1) is 0 Å². The largest absolute Gasteiger partial charge is 0.493 e. The molecule has 33 heavy (non-hydrogen) atoms. The van der Waals surface area contributed by atoms with Crippen LogP contribution in [-0.2, 0) is 9.53 Å². The highest BCUT2D eigenvalue weighted by Crippen LogP contribution is 2.51. The van der Waals surface area contributed by atoms with Gasteiger partial charge in [0.05, 0.1) is 19.3 Å². The molecule has 0 unspecified atom stereocenters. The van der Waals surface area contributed by atoms with Crippen LogP contribution in [0.25, 0.3) is 0 Å². The SMILES string of the molecule is C=C(C)[C@H]1C[C@H](c2ccccc2)[C@H](CCCC)O[C@@H]1c1cc(Cl)cc(OC)c1OCC(=O)O. The first kappa shape index (κ1) is 25.1. The quantitative estimate of drug-likeness (QED) is 0.385. The maximum atomic E-state index is 11.2. The molecule has 3 rings (SSSR count). The Bertz CT molecular complexity index is 958. The van der Waals surface area contributed by atoms with Crippen molar-refractivity contribution in [2.24, 2.45) is 5.92 Å². The Balaban J connectivity index is 2.06. The van der Waals surface area contributed by atoms with Gasteiger partial charge in [0.25, 0.3) is 0 Å². The zero-order chi connectivity index (χ0) is 24.0. The second kappa shape index (κ2) is 11.6. The van der Waals surface area contributed by atoms with Gasteiger partial charge in [0.1, 0.15) is 0 Å². The number of halogens is 1. The Morgan fingerprint density at radius 2 is 2.00 bits per heavy atom. The standard InChI is InChI=1S/C27H33ClO5/c1-5-6-12-23-21(18-10-8-7-9-11-18)15-20(17(2)3)26(33-23)22-13-19(28)14-24(31-4)27(22)32-16-25(29)30/h7-11,13-14,20-21,23,26H,2,5-6,12,15-16H2,1,3-4H3,(H,29,30)/t20-,21-,23+,26+/m1/s1. The summed E-state index contributed by atoms with van der Waals surface area (Å²) < 4.78 is 18.0. The lowest BCUT2D eigenvalue weighted by atomic mass is 9.74. The molecule has 4 atom stereocenters. The predicted molar refractivity (Wildman–Crippen MR) is 130 cm³/mol. The van der Waals surface area contributed by atoms with Crippen molar-refractivity contribution in [1.82, 2.24) is 0 Å². The molecule has 1 heterocycles. The van der Waals surface area contributed by atoms with Gasteiger partial charge in [-0.25, -0.2) is 4.79 Å². The molecule has 1 N–H and O–H groups in total. The normalized spacial score (nSPS) is 22.5. The van der Waals surface area contributed by atoms with E-state index >= 15 is 0 Å². The highest BCUT2D eigenvalue weighted by Gasteiger charge is 2.41. The molecule has 0 radical (unpaired) electrons. The minimum Gasteiger partial charge on any atom is -0.493 e. The summed E-state index contributed by atoms with van der Waals surface area (Å²) in [4.78, 5) is 11.2. The first-order valence-electron chi connectivity index (χ1n) is 11.4. The fourth-order valence-corrected chi connectivity index (χ4v) is 4.86. The summed E-state index contributed by atoms with van der Waals surface area (Å²) >= 11 is 6.42. The minimum atomic E-state index is -1.07. The van der Waals surface area contributed by atoms with E-state index in [0.29, 0.717) is 22.1 Å². The number of carbonyl (C=O) groups is 1. The van der Waals surface area contributed by atoms with Crippen LogP contribution in [-0.4, -0.2) is 30.9 Å². The van der Waals surface area contributed by atoms with Crippen LogP contribution in [0, 0.1) is 5.92 Å². The highest BCUT2D eigenvalue weighted by atomic mass is 35.5. The molecule has 0 saturated carbocycles. The van der Waals surface area contributed by atoms with Crippen LogP contribution in [0.4, 0.5) is 0 Å². The Morgan fingerprint density at radius 1 is 1.27 bits per heavy atom. The first-order chi connectivity index (χ1) is 15.8. The van der Waals surface area contributed by atoms with Crippen LogP contribution < -0.4 is 9.47 Å². The van der Waals surface area contributed by atoms with Crippen molar-refractivity contribution in [3.8, 4) is 11.5 Å². The second-order valence-corrected chi connectivity index (χ2v) is 9.09. The van der Waals surface area contributed by atoms with Gasteiger partial charge in [-0.2, -0.15) is 0 Å². The zero-order valence-electron chi connectivity index (χ0n) is 19.6. The third-order valence-electron chi connectivity index (χ3n) is 6.26. The molecule has 1 aliphatic rings. The summed E-state index contributed by atoms with van der Waals surface area (Å²) in [5, 5.41) is 9.67. The number of aliphatic carboxylic acids is 1. The van der Waals surface area contributed by atoms with E-state index in [4.69, 9.17) is 25.8 Å². The summed E-state index contributed by atoms with van der Waals surface area (Å²) in [6.07, 6.45) is 3.56. The van der Waals surface area contributed by atoms with Crippen molar-refractivity contribution in [1.29, 1.82) is 0 Å². The van der Waals surface area contributed by atoms with E-state index in [2.05, 4.69) is 37.8 Å². The van der Waals surface area contributed by atoms with E-state index in [9.17, 15) is 9.90 Å². The van der Waals surface area contributed by atoms with Gasteiger partial charge in [0, 0.05) is 28.5 Å². The Morgan fingerprint density at radius 3 is 2.61 bits per heavy atom. The first-order valence-corrected chi connectivity index (χ1v) is 11.8. The average Bonchev–Trinajstić information content (AvgIpc) is 2.81. The van der Waals surface area contributed by atoms with Crippen LogP contribution in [0.2, 0.25) is 5.02 Å². The molecule has 0 aliphatic carbocycles. The number of carboxylic acid groups (broad SMARTS) is 1. The molecule has 5 nitrogen and oxygen atoms in total. The van der Waals surface area contributed by atoms with E-state index in [-0.39, 0.29) is 24.0 Å². The van der Waals surface area contributed by atoms with E-state index in [1.54, 1.807) is 12.1 Å². The third-order valence-corrected chi connectivity index (χ3v) is 6.48. The van der Waals surface area contributed by atoms with Gasteiger partial charge in [-0.1, -0.05) is 73.9 Å². The number of hydrogen-bond donors (Lipinski definition) is 1. The molecular formula is C27H33ClO5. The molecular weight excluding hydrogens is 440 g/mol. The third kappa shape index (κ3) is 6.10. The van der Waals surface area contributed by atoms with Gasteiger partial charge < -0.3 is 19.3 Å². The summed E-state index contributed by atoms with van der Waals surface area (Å²) in [7, 11) is 1.51. The summed E-state index contributed by atoms with van der Waals surface area (Å²) in [6, 6.07) is 13.9. The molecule has 2 aromatic carbocycles. The molecule has 0 spiro atoms. The van der Waals surface area contributed by atoms with Crippen molar-refractivity contribution < 1.29 is 24.1 Å². The van der Waals surface area contributed by atoms with Crippen molar-refractivity contribution in [3.63, 3.8) is 0 Å². The topological polar surface area (TPSA) is 65.0 Å². The van der Waals surface area contributed by atoms with E-state index in [1.807, 2.05) is 13.0 Å². The number of hydrogen-bond acceptors (Lipinski definition) is 4. The summed E-state index contributed by atoms with van der Waals surface area (Å²) in [6.45, 7) is 7.96. The van der Waals surface area contributed by atoms with Gasteiger partial charge in [0.15, 0.2) is 18.1 Å². The molecule has 1 fully saturated rings. The fraction of sp³-hybridized carbons (Fsp3) is 0.444. The van der Waals surface area contributed by atoms with Crippen LogP contribution in [0.15, 0.2) is 54.6 Å². The molecule has 0 amide bonds. The number of carboxylic acids is 1. The van der Waals surface area contributed by atoms with Crippen molar-refractivity contribution in [3.05, 3.63) is 70.8 Å². The Hall–Kier alpha value is -2.50. The van der Waals surface area contributed by atoms with E-state index in [0.717, 1.165) is 31.3 Å². The van der Waals surface area contributed by atoms with Crippen LogP contribution >= 0.6 is 11.6 Å². The minimum absolute atomic E-state index is 0.00318. The maximum absolute atomic E-state index is 11.2. The second-order valence-electron chi connectivity index (χ2n) is 8.65. The van der Waals surface area contributed by atoms with Gasteiger partial charge >= 0.3 is 5.97 Å². The molecule has 0 bridgehead atoms. The zero-order valence-corrected chi connectivity index (χ0v) is 20.3. The molecule has 2 aromatic rings. The van der Waals surface area contributed by atoms with E-state index < -0.39 is 12.6 Å². The van der Waals surface area contributed by atoms with Crippen LogP contribution in [0.1, 0.15) is 62.7 Å². The average molecular weight is 473 g/mol. The van der Waals surface area contributed by atoms with Crippen molar-refractivity contribution in [2.45, 2.75) is 57.7 Å². The highest BCUT2D eigenvalue weighted by molar-refractivity contribution is 6.30. The molecule has 0 aromatic heterocycles. The van der Waals surface area contributed by atoms with Crippen LogP contribution in [0.5, 0.6) is 11.5 Å². The number of methoxy groups -OCH3 is 1. The lowest BCUT2D eigenvalue weighted by Crippen LogP contribution is -2.36. The van der Waals surface area contributed by atoms with E-state index in [1.165, 1.54) is 12.7 Å². The Labute approximate surface area is 201 Å². The van der Waals surface area contributed by atoms with Gasteiger partial charge in [-0.3, -0.25) is 0 Å². The summed E-state index contributed by atoms with van der Waals surface area (Å²) in [5.41, 5.74) is 2.95. The molecule has 1 aliphatic heterocycles. The predicted octanol–water partition coefficient (Wildman–Crippen LogP) is 6.81. The smallest absolute Gasteiger partial charge is 0.341 e. The van der Waals surface area contributed by atoms with Crippen molar-refractivity contribution in [2.75, 3.05) is 13.7 Å².